The normalized spacial score (nSPS) is 15.2. The highest BCUT2D eigenvalue weighted by molar-refractivity contribution is 5.59. The van der Waals surface area contributed by atoms with Crippen LogP contribution in [0.25, 0.3) is 23.0 Å². The fourth-order valence-corrected chi connectivity index (χ4v) is 3.03. The number of piperidine rings is 1. The SMILES string of the molecule is COc1ccc(-c2noc(-c3ccc(N4CCC(C)CC4)nn3)n2)cc1. The molecule has 3 heterocycles. The second kappa shape index (κ2) is 7.11. The van der Waals surface area contributed by atoms with Gasteiger partial charge in [0.15, 0.2) is 11.5 Å². The Kier molecular flexibility index (Phi) is 4.51. The van der Waals surface area contributed by atoms with Gasteiger partial charge in [0.1, 0.15) is 5.75 Å². The van der Waals surface area contributed by atoms with Crippen LogP contribution in [0.15, 0.2) is 40.9 Å². The lowest BCUT2D eigenvalue weighted by atomic mass is 9.99. The quantitative estimate of drug-likeness (QED) is 0.712. The van der Waals surface area contributed by atoms with Crippen LogP contribution in [0.4, 0.5) is 5.82 Å². The van der Waals surface area contributed by atoms with E-state index in [4.69, 9.17) is 9.26 Å². The fraction of sp³-hybridized carbons (Fsp3) is 0.368. The molecule has 0 saturated carbocycles. The molecule has 1 aromatic carbocycles. The van der Waals surface area contributed by atoms with Gasteiger partial charge in [0.05, 0.1) is 7.11 Å². The molecule has 4 rings (SSSR count). The molecule has 0 bridgehead atoms. The predicted octanol–water partition coefficient (Wildman–Crippen LogP) is 3.44. The molecule has 0 spiro atoms. The van der Waals surface area contributed by atoms with E-state index in [1.54, 1.807) is 7.11 Å². The van der Waals surface area contributed by atoms with Gasteiger partial charge in [-0.2, -0.15) is 4.98 Å². The van der Waals surface area contributed by atoms with Gasteiger partial charge in [-0.05, 0) is 55.2 Å². The molecule has 7 nitrogen and oxygen atoms in total. The van der Waals surface area contributed by atoms with Gasteiger partial charge in [0, 0.05) is 18.7 Å². The van der Waals surface area contributed by atoms with Crippen LogP contribution in [0.1, 0.15) is 19.8 Å². The predicted molar refractivity (Wildman–Crippen MR) is 97.9 cm³/mol. The smallest absolute Gasteiger partial charge is 0.278 e. The molecule has 1 aliphatic rings. The number of aromatic nitrogens is 4. The zero-order valence-corrected chi connectivity index (χ0v) is 14.9. The van der Waals surface area contributed by atoms with Gasteiger partial charge in [-0.15, -0.1) is 10.2 Å². The summed E-state index contributed by atoms with van der Waals surface area (Å²) in [5, 5.41) is 12.6. The first-order valence-corrected chi connectivity index (χ1v) is 8.80. The Bertz CT molecular complexity index is 852. The van der Waals surface area contributed by atoms with Crippen molar-refractivity contribution in [3.05, 3.63) is 36.4 Å². The Hall–Kier alpha value is -2.96. The number of methoxy groups -OCH3 is 1. The van der Waals surface area contributed by atoms with Crippen molar-refractivity contribution in [2.75, 3.05) is 25.1 Å². The zero-order valence-electron chi connectivity index (χ0n) is 14.9. The van der Waals surface area contributed by atoms with Crippen LogP contribution in [0, 0.1) is 5.92 Å². The van der Waals surface area contributed by atoms with Gasteiger partial charge in [-0.25, -0.2) is 0 Å². The van der Waals surface area contributed by atoms with Gasteiger partial charge >= 0.3 is 0 Å². The van der Waals surface area contributed by atoms with E-state index >= 15 is 0 Å². The molecule has 1 aliphatic heterocycles. The van der Waals surface area contributed by atoms with Crippen molar-refractivity contribution in [1.29, 1.82) is 0 Å². The molecular weight excluding hydrogens is 330 g/mol. The van der Waals surface area contributed by atoms with Gasteiger partial charge in [-0.3, -0.25) is 0 Å². The van der Waals surface area contributed by atoms with E-state index < -0.39 is 0 Å². The maximum Gasteiger partial charge on any atom is 0.278 e. The van der Waals surface area contributed by atoms with Crippen molar-refractivity contribution < 1.29 is 9.26 Å². The molecule has 1 saturated heterocycles. The van der Waals surface area contributed by atoms with Crippen molar-refractivity contribution in [1.82, 2.24) is 20.3 Å². The summed E-state index contributed by atoms with van der Waals surface area (Å²) in [6, 6.07) is 11.3. The minimum Gasteiger partial charge on any atom is -0.497 e. The molecule has 7 heteroatoms. The van der Waals surface area contributed by atoms with Crippen molar-refractivity contribution in [2.24, 2.45) is 5.92 Å². The van der Waals surface area contributed by atoms with E-state index in [0.29, 0.717) is 17.4 Å². The van der Waals surface area contributed by atoms with E-state index in [1.807, 2.05) is 36.4 Å². The highest BCUT2D eigenvalue weighted by Gasteiger charge is 2.18. The molecule has 0 unspecified atom stereocenters. The third kappa shape index (κ3) is 3.37. The van der Waals surface area contributed by atoms with Crippen LogP contribution in [0.2, 0.25) is 0 Å². The summed E-state index contributed by atoms with van der Waals surface area (Å²) in [5.41, 5.74) is 1.43. The number of ether oxygens (including phenoxy) is 1. The maximum atomic E-state index is 5.35. The highest BCUT2D eigenvalue weighted by atomic mass is 16.5. The first-order chi connectivity index (χ1) is 12.7. The van der Waals surface area contributed by atoms with Crippen molar-refractivity contribution >= 4 is 5.82 Å². The van der Waals surface area contributed by atoms with E-state index in [-0.39, 0.29) is 0 Å². The molecule has 0 amide bonds. The van der Waals surface area contributed by atoms with Gasteiger partial charge in [-0.1, -0.05) is 12.1 Å². The first-order valence-electron chi connectivity index (χ1n) is 8.80. The molecule has 1 fully saturated rings. The number of nitrogens with zero attached hydrogens (tertiary/aromatic N) is 5. The summed E-state index contributed by atoms with van der Waals surface area (Å²) in [5.74, 6) is 3.34. The summed E-state index contributed by atoms with van der Waals surface area (Å²) >= 11 is 0. The van der Waals surface area contributed by atoms with E-state index in [1.165, 1.54) is 12.8 Å². The van der Waals surface area contributed by atoms with E-state index in [2.05, 4.69) is 32.2 Å². The molecule has 26 heavy (non-hydrogen) atoms. The molecule has 3 aromatic rings. The lowest BCUT2D eigenvalue weighted by Gasteiger charge is -2.30. The fourth-order valence-electron chi connectivity index (χ4n) is 3.03. The third-order valence-corrected chi connectivity index (χ3v) is 4.75. The van der Waals surface area contributed by atoms with Crippen LogP contribution >= 0.6 is 0 Å². The molecule has 134 valence electrons. The van der Waals surface area contributed by atoms with E-state index in [0.717, 1.165) is 36.1 Å². The summed E-state index contributed by atoms with van der Waals surface area (Å²) in [7, 11) is 1.63. The largest absolute Gasteiger partial charge is 0.497 e. The molecule has 0 N–H and O–H groups in total. The highest BCUT2D eigenvalue weighted by Crippen LogP contribution is 2.25. The van der Waals surface area contributed by atoms with Gasteiger partial charge in [0.25, 0.3) is 5.89 Å². The van der Waals surface area contributed by atoms with Crippen LogP contribution in [-0.4, -0.2) is 40.5 Å². The number of rotatable bonds is 4. The Labute approximate surface area is 152 Å². The number of hydrogen-bond donors (Lipinski definition) is 0. The second-order valence-corrected chi connectivity index (χ2v) is 6.60. The molecule has 0 atom stereocenters. The average Bonchev–Trinajstić information content (AvgIpc) is 3.19. The topological polar surface area (TPSA) is 77.2 Å². The van der Waals surface area contributed by atoms with Crippen molar-refractivity contribution in [2.45, 2.75) is 19.8 Å². The third-order valence-electron chi connectivity index (χ3n) is 4.75. The van der Waals surface area contributed by atoms with Crippen LogP contribution in [0.3, 0.4) is 0 Å². The standard InChI is InChI=1S/C19H21N5O2/c1-13-9-11-24(12-10-13)17-8-7-16(21-22-17)19-20-18(23-26-19)14-3-5-15(25-2)6-4-14/h3-8,13H,9-12H2,1-2H3. The Morgan fingerprint density at radius 3 is 2.46 bits per heavy atom. The molecule has 0 radical (unpaired) electrons. The Morgan fingerprint density at radius 1 is 1.04 bits per heavy atom. The summed E-state index contributed by atoms with van der Waals surface area (Å²) in [4.78, 5) is 6.69. The summed E-state index contributed by atoms with van der Waals surface area (Å²) in [6.07, 6.45) is 2.39. The summed E-state index contributed by atoms with van der Waals surface area (Å²) in [6.45, 7) is 4.34. The second-order valence-electron chi connectivity index (χ2n) is 6.60. The maximum absolute atomic E-state index is 5.35. The van der Waals surface area contributed by atoms with Crippen LogP contribution in [0.5, 0.6) is 5.75 Å². The molecule has 2 aromatic heterocycles. The summed E-state index contributed by atoms with van der Waals surface area (Å²) < 4.78 is 10.5. The van der Waals surface area contributed by atoms with Gasteiger partial charge in [0.2, 0.25) is 5.82 Å². The van der Waals surface area contributed by atoms with Gasteiger partial charge < -0.3 is 14.2 Å². The van der Waals surface area contributed by atoms with Crippen LogP contribution in [-0.2, 0) is 0 Å². The number of anilines is 1. The molecular formula is C19H21N5O2. The van der Waals surface area contributed by atoms with Crippen molar-refractivity contribution in [3.63, 3.8) is 0 Å². The minimum absolute atomic E-state index is 0.363. The Balaban J connectivity index is 1.50. The first kappa shape index (κ1) is 16.5. The van der Waals surface area contributed by atoms with E-state index in [9.17, 15) is 0 Å². The van der Waals surface area contributed by atoms with Crippen molar-refractivity contribution in [3.8, 4) is 28.7 Å². The van der Waals surface area contributed by atoms with Crippen LogP contribution < -0.4 is 9.64 Å². The number of hydrogen-bond acceptors (Lipinski definition) is 7. The zero-order chi connectivity index (χ0) is 17.9. The average molecular weight is 351 g/mol. The minimum atomic E-state index is 0.363. The number of benzene rings is 1. The molecule has 0 aliphatic carbocycles. The Morgan fingerprint density at radius 2 is 1.81 bits per heavy atom. The lowest BCUT2D eigenvalue weighted by molar-refractivity contribution is 0.414. The lowest BCUT2D eigenvalue weighted by Crippen LogP contribution is -2.33. The monoisotopic (exact) mass is 351 g/mol.